The quantitative estimate of drug-likeness (QED) is 0.164. The van der Waals surface area contributed by atoms with E-state index in [4.69, 9.17) is 0 Å². The number of hydrogen-bond donors (Lipinski definition) is 0. The topological polar surface area (TPSA) is 0 Å². The fourth-order valence-electron chi connectivity index (χ4n) is 7.98. The first-order chi connectivity index (χ1) is 24.4. The van der Waals surface area contributed by atoms with E-state index in [1.165, 1.54) is 66.1 Å². The molecule has 0 unspecified atom stereocenters. The molecule has 0 N–H and O–H groups in total. The van der Waals surface area contributed by atoms with Crippen LogP contribution in [-0.4, -0.2) is 3.21 Å². The van der Waals surface area contributed by atoms with Gasteiger partial charge in [-0.2, -0.15) is 6.08 Å². The molecule has 3 aliphatic rings. The summed E-state index contributed by atoms with van der Waals surface area (Å²) in [6, 6.07) is 33.7. The predicted molar refractivity (Wildman–Crippen MR) is 225 cm³/mol. The Morgan fingerprint density at radius 3 is 1.37 bits per heavy atom. The second-order valence-electron chi connectivity index (χ2n) is 18.1. The molecule has 280 valence electrons. The molecule has 0 saturated heterocycles. The normalized spacial score (nSPS) is 15.9. The van der Waals surface area contributed by atoms with Gasteiger partial charge in [0, 0.05) is 10.8 Å². The van der Waals surface area contributed by atoms with Crippen LogP contribution in [0.5, 0.6) is 0 Å². The second-order valence-corrected chi connectivity index (χ2v) is 19.8. The van der Waals surface area contributed by atoms with E-state index in [9.17, 15) is 0 Å². The van der Waals surface area contributed by atoms with Gasteiger partial charge < -0.3 is 24.8 Å². The molecule has 0 bridgehead atoms. The summed E-state index contributed by atoms with van der Waals surface area (Å²) in [5.41, 5.74) is 12.1. The molecule has 5 aromatic rings. The third-order valence-electron chi connectivity index (χ3n) is 10.7. The minimum atomic E-state index is 0. The first kappa shape index (κ1) is 43.8. The van der Waals surface area contributed by atoms with Gasteiger partial charge in [-0.3, -0.25) is 6.08 Å². The molecule has 0 nitrogen and oxygen atoms in total. The predicted octanol–water partition coefficient (Wildman–Crippen LogP) is 7.66. The van der Waals surface area contributed by atoms with Crippen LogP contribution in [0.1, 0.15) is 109 Å². The van der Waals surface area contributed by atoms with Crippen LogP contribution < -0.4 is 24.8 Å². The molecule has 3 aliphatic carbocycles. The fraction of sp³-hybridized carbons (Fsp3) is 0.333. The standard InChI is InChI=1S/C31H37.C15H14.C5H5.2ClH.Zr/c1-28(2,3)26-16-30(7,8)24-12-18-11-19-13-25-23(15-21(19)20(18)14-22(24)26)27(29(4,5)6)17-31(25,9)10;1-3-8-14(9-4-1)12-7-13-15-10-5-2-6-11-15;1-2-4-5-3-1;;;/h11-17H,1-10H3;1-6,8-11H,12-13H2;1-3H,4H2;2*1H;/q-1;;-1;;;+2/p-2. The van der Waals surface area contributed by atoms with Gasteiger partial charge in [0.2, 0.25) is 0 Å². The molecular formula is C51H56Cl2Zr-2. The van der Waals surface area contributed by atoms with Gasteiger partial charge in [-0.05, 0) is 33.1 Å². The van der Waals surface area contributed by atoms with Crippen LogP contribution >= 0.6 is 0 Å². The Hall–Kier alpha value is -2.96. The van der Waals surface area contributed by atoms with E-state index in [1.54, 1.807) is 27.4 Å². The van der Waals surface area contributed by atoms with E-state index >= 15 is 0 Å². The van der Waals surface area contributed by atoms with E-state index < -0.39 is 0 Å². The molecule has 0 amide bonds. The maximum absolute atomic E-state index is 2.99. The van der Waals surface area contributed by atoms with Crippen molar-refractivity contribution >= 4 is 35.9 Å². The van der Waals surface area contributed by atoms with Gasteiger partial charge >= 0.3 is 112 Å². The molecule has 3 heteroatoms. The molecule has 0 spiro atoms. The van der Waals surface area contributed by atoms with Gasteiger partial charge in [-0.25, -0.2) is 12.2 Å². The van der Waals surface area contributed by atoms with E-state index in [1.807, 2.05) is 12.2 Å². The Kier molecular flexibility index (Phi) is 13.8. The van der Waals surface area contributed by atoms with Crippen molar-refractivity contribution < 1.29 is 49.0 Å². The number of fused-ring (bicyclic) bond motifs is 5. The molecular weight excluding hydrogens is 775 g/mol. The monoisotopic (exact) mass is 828 g/mol. The Bertz CT molecular complexity index is 2070. The van der Waals surface area contributed by atoms with Crippen molar-refractivity contribution in [2.24, 2.45) is 10.8 Å². The van der Waals surface area contributed by atoms with Gasteiger partial charge in [0.05, 0.1) is 0 Å². The van der Waals surface area contributed by atoms with Gasteiger partial charge in [0.1, 0.15) is 0 Å². The molecule has 0 aromatic heterocycles. The van der Waals surface area contributed by atoms with Crippen LogP contribution in [0.4, 0.5) is 0 Å². The zero-order valence-electron chi connectivity index (χ0n) is 33.9. The van der Waals surface area contributed by atoms with Crippen molar-refractivity contribution in [3.05, 3.63) is 161 Å². The Morgan fingerprint density at radius 1 is 0.648 bits per heavy atom. The van der Waals surface area contributed by atoms with Crippen molar-refractivity contribution in [3.63, 3.8) is 0 Å². The van der Waals surface area contributed by atoms with E-state index in [-0.39, 0.29) is 46.5 Å². The Balaban J connectivity index is 0.000000236. The minimum absolute atomic E-state index is 0. The van der Waals surface area contributed by atoms with E-state index in [0.717, 1.165) is 19.3 Å². The SMILES string of the molecule is CC(C)(C)C1=CC(C)(C)c2cc3[cH-]c4cc5c(cc4c3cc21)C(C(C)(C)C)=CC5(C)C.[C-]1=CC=CC1.[Cl-].[Cl-].[Zr+2]=[C](Cc1ccccc1)Cc1ccccc1. The zero-order chi connectivity index (χ0) is 37.5. The summed E-state index contributed by atoms with van der Waals surface area (Å²) in [5.74, 6) is 0. The van der Waals surface area contributed by atoms with Crippen molar-refractivity contribution in [2.45, 2.75) is 99.3 Å². The average Bonchev–Trinajstić information content (AvgIpc) is 3.86. The van der Waals surface area contributed by atoms with Crippen LogP contribution in [-0.2, 0) is 47.9 Å². The molecule has 54 heavy (non-hydrogen) atoms. The third-order valence-corrected chi connectivity index (χ3v) is 11.6. The third kappa shape index (κ3) is 9.70. The van der Waals surface area contributed by atoms with Crippen molar-refractivity contribution in [1.82, 2.24) is 0 Å². The Morgan fingerprint density at radius 2 is 1.06 bits per heavy atom. The second kappa shape index (κ2) is 17.0. The van der Waals surface area contributed by atoms with Gasteiger partial charge in [0.25, 0.3) is 0 Å². The Labute approximate surface area is 353 Å². The number of halogens is 2. The van der Waals surface area contributed by atoms with Gasteiger partial charge in [0.15, 0.2) is 0 Å². The van der Waals surface area contributed by atoms with Crippen LogP contribution in [0.3, 0.4) is 0 Å². The number of benzene rings is 4. The summed E-state index contributed by atoms with van der Waals surface area (Å²) in [4.78, 5) is 0. The summed E-state index contributed by atoms with van der Waals surface area (Å²) < 4.78 is 1.60. The molecule has 0 atom stereocenters. The maximum atomic E-state index is 2.99. The summed E-state index contributed by atoms with van der Waals surface area (Å²) >= 11 is 1.55. The number of hydrogen-bond acceptors (Lipinski definition) is 0. The summed E-state index contributed by atoms with van der Waals surface area (Å²) in [6.07, 6.45) is 17.2. The summed E-state index contributed by atoms with van der Waals surface area (Å²) in [7, 11) is 0. The fourth-order valence-corrected chi connectivity index (χ4v) is 8.98. The van der Waals surface area contributed by atoms with Crippen LogP contribution in [0, 0.1) is 16.9 Å². The van der Waals surface area contributed by atoms with Crippen molar-refractivity contribution in [2.75, 3.05) is 0 Å². The van der Waals surface area contributed by atoms with Crippen LogP contribution in [0.15, 0.2) is 121 Å². The number of rotatable bonds is 4. The van der Waals surface area contributed by atoms with E-state index in [0.29, 0.717) is 0 Å². The van der Waals surface area contributed by atoms with Gasteiger partial charge in [-0.15, -0.1) is 46.2 Å². The van der Waals surface area contributed by atoms with Crippen molar-refractivity contribution in [3.8, 4) is 0 Å². The zero-order valence-corrected chi connectivity index (χ0v) is 37.9. The molecule has 0 radical (unpaired) electrons. The molecule has 8 rings (SSSR count). The van der Waals surface area contributed by atoms with E-state index in [2.05, 4.69) is 185 Å². The summed E-state index contributed by atoms with van der Waals surface area (Å²) in [6.45, 7) is 23.5. The average molecular weight is 831 g/mol. The molecule has 0 aliphatic heterocycles. The molecule has 0 fully saturated rings. The van der Waals surface area contributed by atoms with Crippen molar-refractivity contribution in [1.29, 1.82) is 0 Å². The van der Waals surface area contributed by atoms with Gasteiger partial charge in [-0.1, -0.05) is 105 Å². The molecule has 5 aromatic carbocycles. The number of allylic oxidation sites excluding steroid dienone is 8. The first-order valence-electron chi connectivity index (χ1n) is 19.0. The summed E-state index contributed by atoms with van der Waals surface area (Å²) in [5, 5.41) is 5.58. The molecule has 0 heterocycles. The van der Waals surface area contributed by atoms with Crippen LogP contribution in [0.25, 0.3) is 32.7 Å². The van der Waals surface area contributed by atoms with Crippen LogP contribution in [0.2, 0.25) is 0 Å². The first-order valence-corrected chi connectivity index (χ1v) is 20.2. The molecule has 0 saturated carbocycles.